The molecule has 1 aliphatic carbocycles. The SMILES string of the molecule is CCC1(O)CCC12CCN(C(=O)c1ccc(OC)cc1)CC2. The number of hydrogen-bond acceptors (Lipinski definition) is 3. The molecule has 1 atom stereocenters. The van der Waals surface area contributed by atoms with Crippen LogP contribution in [-0.2, 0) is 0 Å². The highest BCUT2D eigenvalue weighted by molar-refractivity contribution is 5.94. The third-order valence-corrected chi connectivity index (χ3v) is 5.93. The highest BCUT2D eigenvalue weighted by Gasteiger charge is 2.57. The van der Waals surface area contributed by atoms with Crippen LogP contribution in [0, 0.1) is 5.41 Å². The second-order valence-electron chi connectivity index (χ2n) is 6.69. The molecule has 0 radical (unpaired) electrons. The first-order valence-electron chi connectivity index (χ1n) is 8.19. The van der Waals surface area contributed by atoms with Crippen molar-refractivity contribution in [2.45, 2.75) is 44.6 Å². The number of piperidine rings is 1. The predicted octanol–water partition coefficient (Wildman–Crippen LogP) is 2.85. The van der Waals surface area contributed by atoms with Gasteiger partial charge in [0.1, 0.15) is 5.75 Å². The number of methoxy groups -OCH3 is 1. The first-order valence-corrected chi connectivity index (χ1v) is 8.19. The Morgan fingerprint density at radius 1 is 1.18 bits per heavy atom. The standard InChI is InChI=1S/C18H25NO3/c1-3-18(21)9-8-17(18)10-12-19(13-11-17)16(20)14-4-6-15(22-2)7-5-14/h4-7,21H,3,8-13H2,1-2H3. The van der Waals surface area contributed by atoms with Crippen molar-refractivity contribution >= 4 is 5.91 Å². The maximum Gasteiger partial charge on any atom is 0.253 e. The Morgan fingerprint density at radius 3 is 2.27 bits per heavy atom. The van der Waals surface area contributed by atoms with Gasteiger partial charge in [-0.1, -0.05) is 6.92 Å². The van der Waals surface area contributed by atoms with Gasteiger partial charge in [-0.15, -0.1) is 0 Å². The van der Waals surface area contributed by atoms with Crippen molar-refractivity contribution < 1.29 is 14.6 Å². The number of nitrogens with zero attached hydrogens (tertiary/aromatic N) is 1. The molecule has 2 aliphatic rings. The minimum atomic E-state index is -0.498. The maximum absolute atomic E-state index is 12.6. The van der Waals surface area contributed by atoms with Gasteiger partial charge in [-0.2, -0.15) is 0 Å². The average Bonchev–Trinajstić information content (AvgIpc) is 2.59. The van der Waals surface area contributed by atoms with Crippen molar-refractivity contribution in [2.75, 3.05) is 20.2 Å². The number of rotatable bonds is 3. The lowest BCUT2D eigenvalue weighted by molar-refractivity contribution is -0.188. The molecule has 1 spiro atoms. The zero-order chi connectivity index (χ0) is 15.8. The van der Waals surface area contributed by atoms with Gasteiger partial charge in [-0.05, 0) is 56.4 Å². The zero-order valence-electron chi connectivity index (χ0n) is 13.5. The summed E-state index contributed by atoms with van der Waals surface area (Å²) < 4.78 is 5.13. The van der Waals surface area contributed by atoms with E-state index < -0.39 is 5.60 Å². The lowest BCUT2D eigenvalue weighted by Gasteiger charge is -2.59. The summed E-state index contributed by atoms with van der Waals surface area (Å²) in [5.74, 6) is 0.841. The molecule has 1 N–H and O–H groups in total. The summed E-state index contributed by atoms with van der Waals surface area (Å²) >= 11 is 0. The summed E-state index contributed by atoms with van der Waals surface area (Å²) in [6.07, 6.45) is 4.66. The van der Waals surface area contributed by atoms with Gasteiger partial charge in [0.2, 0.25) is 0 Å². The summed E-state index contributed by atoms with van der Waals surface area (Å²) in [7, 11) is 1.62. The van der Waals surface area contributed by atoms with E-state index in [-0.39, 0.29) is 11.3 Å². The summed E-state index contributed by atoms with van der Waals surface area (Å²) in [4.78, 5) is 14.5. The summed E-state index contributed by atoms with van der Waals surface area (Å²) in [5, 5.41) is 10.7. The monoisotopic (exact) mass is 303 g/mol. The highest BCUT2D eigenvalue weighted by atomic mass is 16.5. The van der Waals surface area contributed by atoms with Crippen molar-refractivity contribution in [1.29, 1.82) is 0 Å². The molecule has 22 heavy (non-hydrogen) atoms. The fourth-order valence-electron chi connectivity index (χ4n) is 4.09. The van der Waals surface area contributed by atoms with Crippen LogP contribution >= 0.6 is 0 Å². The van der Waals surface area contributed by atoms with Gasteiger partial charge >= 0.3 is 0 Å². The molecular formula is C18H25NO3. The Bertz CT molecular complexity index is 542. The van der Waals surface area contributed by atoms with E-state index in [1.807, 2.05) is 29.2 Å². The fraction of sp³-hybridized carbons (Fsp3) is 0.611. The van der Waals surface area contributed by atoms with E-state index in [1.165, 1.54) is 0 Å². The van der Waals surface area contributed by atoms with Crippen LogP contribution < -0.4 is 4.74 Å². The van der Waals surface area contributed by atoms with E-state index in [0.717, 1.165) is 50.9 Å². The van der Waals surface area contributed by atoms with Crippen molar-refractivity contribution in [2.24, 2.45) is 5.41 Å². The summed E-state index contributed by atoms with van der Waals surface area (Å²) in [6.45, 7) is 3.55. The van der Waals surface area contributed by atoms with Gasteiger partial charge in [-0.3, -0.25) is 4.79 Å². The Kier molecular flexibility index (Phi) is 3.89. The Labute approximate surface area is 132 Å². The van der Waals surface area contributed by atoms with Crippen LogP contribution in [0.25, 0.3) is 0 Å². The average molecular weight is 303 g/mol. The van der Waals surface area contributed by atoms with Gasteiger partial charge in [0, 0.05) is 24.1 Å². The molecule has 2 fully saturated rings. The predicted molar refractivity (Wildman–Crippen MR) is 85.0 cm³/mol. The van der Waals surface area contributed by atoms with E-state index in [9.17, 15) is 9.90 Å². The molecule has 0 bridgehead atoms. The minimum absolute atomic E-state index is 0.0540. The van der Waals surface area contributed by atoms with Gasteiger partial charge in [0.15, 0.2) is 0 Å². The molecule has 1 heterocycles. The molecule has 4 heteroatoms. The molecule has 1 aliphatic heterocycles. The van der Waals surface area contributed by atoms with Gasteiger partial charge in [-0.25, -0.2) is 0 Å². The number of benzene rings is 1. The third kappa shape index (κ3) is 2.30. The van der Waals surface area contributed by atoms with Crippen LogP contribution in [0.2, 0.25) is 0 Å². The molecule has 1 aromatic rings. The van der Waals surface area contributed by atoms with E-state index >= 15 is 0 Å². The molecule has 1 amide bonds. The molecule has 3 rings (SSSR count). The number of carbonyl (C=O) groups is 1. The number of hydrogen-bond donors (Lipinski definition) is 1. The van der Waals surface area contributed by atoms with Crippen molar-refractivity contribution in [3.8, 4) is 5.75 Å². The number of carbonyl (C=O) groups excluding carboxylic acids is 1. The van der Waals surface area contributed by atoms with Gasteiger partial charge in [0.05, 0.1) is 12.7 Å². The molecule has 1 saturated heterocycles. The number of likely N-dealkylation sites (tertiary alicyclic amines) is 1. The van der Waals surface area contributed by atoms with Crippen LogP contribution in [-0.4, -0.2) is 41.7 Å². The lowest BCUT2D eigenvalue weighted by Crippen LogP contribution is -2.61. The largest absolute Gasteiger partial charge is 0.497 e. The number of aliphatic hydroxyl groups is 1. The van der Waals surface area contributed by atoms with Crippen LogP contribution in [0.5, 0.6) is 5.75 Å². The van der Waals surface area contributed by atoms with Gasteiger partial charge in [0.25, 0.3) is 5.91 Å². The Hall–Kier alpha value is -1.55. The summed E-state index contributed by atoms with van der Waals surface area (Å²) in [6, 6.07) is 7.27. The smallest absolute Gasteiger partial charge is 0.253 e. The molecular weight excluding hydrogens is 278 g/mol. The topological polar surface area (TPSA) is 49.8 Å². The highest BCUT2D eigenvalue weighted by Crippen LogP contribution is 2.57. The van der Waals surface area contributed by atoms with Crippen molar-refractivity contribution in [1.82, 2.24) is 4.90 Å². The van der Waals surface area contributed by atoms with E-state index in [1.54, 1.807) is 7.11 Å². The summed E-state index contributed by atoms with van der Waals surface area (Å²) in [5.41, 5.74) is 0.261. The lowest BCUT2D eigenvalue weighted by atomic mass is 9.51. The fourth-order valence-corrected chi connectivity index (χ4v) is 4.09. The molecule has 0 aromatic heterocycles. The number of ether oxygens (including phenoxy) is 1. The van der Waals surface area contributed by atoms with Crippen molar-refractivity contribution in [3.63, 3.8) is 0 Å². The number of amides is 1. The first-order chi connectivity index (χ1) is 10.5. The second kappa shape index (κ2) is 5.58. The van der Waals surface area contributed by atoms with Crippen LogP contribution in [0.3, 0.4) is 0 Å². The Morgan fingerprint density at radius 2 is 1.82 bits per heavy atom. The molecule has 1 aromatic carbocycles. The normalized spacial score (nSPS) is 26.6. The van der Waals surface area contributed by atoms with E-state index in [4.69, 9.17) is 4.74 Å². The molecule has 1 saturated carbocycles. The second-order valence-corrected chi connectivity index (χ2v) is 6.69. The van der Waals surface area contributed by atoms with Crippen LogP contribution in [0.1, 0.15) is 49.4 Å². The third-order valence-electron chi connectivity index (χ3n) is 5.93. The zero-order valence-corrected chi connectivity index (χ0v) is 13.5. The molecule has 1 unspecified atom stereocenters. The maximum atomic E-state index is 12.6. The van der Waals surface area contributed by atoms with Gasteiger partial charge < -0.3 is 14.7 Å². The van der Waals surface area contributed by atoms with Crippen LogP contribution in [0.4, 0.5) is 0 Å². The van der Waals surface area contributed by atoms with E-state index in [0.29, 0.717) is 5.56 Å². The quantitative estimate of drug-likeness (QED) is 0.934. The van der Waals surface area contributed by atoms with Crippen molar-refractivity contribution in [3.05, 3.63) is 29.8 Å². The molecule has 120 valence electrons. The van der Waals surface area contributed by atoms with Crippen LogP contribution in [0.15, 0.2) is 24.3 Å². The van der Waals surface area contributed by atoms with E-state index in [2.05, 4.69) is 6.92 Å². The minimum Gasteiger partial charge on any atom is -0.497 e. The Balaban J connectivity index is 1.65. The molecule has 4 nitrogen and oxygen atoms in total. The first kappa shape index (κ1) is 15.3.